The number of methoxy groups -OCH3 is 1. The van der Waals surface area contributed by atoms with Gasteiger partial charge in [-0.05, 0) is 62.9 Å². The van der Waals surface area contributed by atoms with Gasteiger partial charge in [0, 0.05) is 18.4 Å². The molecule has 0 saturated carbocycles. The van der Waals surface area contributed by atoms with E-state index in [9.17, 15) is 13.2 Å². The van der Waals surface area contributed by atoms with Gasteiger partial charge in [-0.25, -0.2) is 13.1 Å². The van der Waals surface area contributed by atoms with Crippen molar-refractivity contribution in [2.24, 2.45) is 0 Å². The van der Waals surface area contributed by atoms with Crippen LogP contribution in [0.5, 0.6) is 5.88 Å². The van der Waals surface area contributed by atoms with Crippen LogP contribution < -0.4 is 4.74 Å². The topological polar surface area (TPSA) is 78.3 Å². The van der Waals surface area contributed by atoms with Crippen molar-refractivity contribution in [3.63, 3.8) is 0 Å². The number of aromatic nitrogens is 2. The molecule has 0 bridgehead atoms. The van der Waals surface area contributed by atoms with Crippen molar-refractivity contribution >= 4 is 21.2 Å². The Morgan fingerprint density at radius 1 is 1.18 bits per heavy atom. The molecule has 0 aliphatic carbocycles. The lowest BCUT2D eigenvalue weighted by Crippen LogP contribution is -2.11. The summed E-state index contributed by atoms with van der Waals surface area (Å²) < 4.78 is 31.7. The minimum atomic E-state index is -3.44. The number of sulfone groups is 1. The van der Waals surface area contributed by atoms with Crippen molar-refractivity contribution in [1.29, 1.82) is 0 Å². The van der Waals surface area contributed by atoms with E-state index >= 15 is 0 Å². The van der Waals surface area contributed by atoms with Crippen molar-refractivity contribution in [3.8, 4) is 5.88 Å². The Labute approximate surface area is 167 Å². The summed E-state index contributed by atoms with van der Waals surface area (Å²) in [6.07, 6.45) is 3.55. The van der Waals surface area contributed by atoms with E-state index in [1.807, 2.05) is 27.7 Å². The van der Waals surface area contributed by atoms with E-state index in [2.05, 4.69) is 5.10 Å². The molecular formula is C21H28N2O4S. The average molecular weight is 405 g/mol. The van der Waals surface area contributed by atoms with Crippen molar-refractivity contribution in [2.45, 2.75) is 52.5 Å². The number of ketones is 1. The summed E-state index contributed by atoms with van der Waals surface area (Å²) >= 11 is 0. The molecule has 1 heterocycles. The smallest absolute Gasteiger partial charge is 0.223 e. The van der Waals surface area contributed by atoms with Gasteiger partial charge in [-0.2, -0.15) is 5.10 Å². The van der Waals surface area contributed by atoms with E-state index in [1.54, 1.807) is 17.7 Å². The van der Waals surface area contributed by atoms with E-state index < -0.39 is 9.84 Å². The van der Waals surface area contributed by atoms with Crippen LogP contribution in [0.4, 0.5) is 0 Å². The fourth-order valence-electron chi connectivity index (χ4n) is 3.22. The van der Waals surface area contributed by atoms with E-state index in [1.165, 1.54) is 25.6 Å². The third-order valence-electron chi connectivity index (χ3n) is 4.86. The molecule has 0 unspecified atom stereocenters. The van der Waals surface area contributed by atoms with Gasteiger partial charge in [0.1, 0.15) is 5.56 Å². The van der Waals surface area contributed by atoms with Crippen molar-refractivity contribution in [2.75, 3.05) is 13.4 Å². The lowest BCUT2D eigenvalue weighted by Gasteiger charge is -2.17. The van der Waals surface area contributed by atoms with Crippen LogP contribution in [0.15, 0.2) is 28.8 Å². The first-order valence-electron chi connectivity index (χ1n) is 9.17. The average Bonchev–Trinajstić information content (AvgIpc) is 3.02. The minimum Gasteiger partial charge on any atom is -0.481 e. The summed E-state index contributed by atoms with van der Waals surface area (Å²) in [5.41, 5.74) is 3.88. The molecule has 0 radical (unpaired) electrons. The molecule has 6 nitrogen and oxygen atoms in total. The summed E-state index contributed by atoms with van der Waals surface area (Å²) in [7, 11) is -1.93. The molecular weight excluding hydrogens is 376 g/mol. The zero-order valence-electron chi connectivity index (χ0n) is 17.6. The molecule has 1 aromatic heterocycles. The Balaban J connectivity index is 2.73. The zero-order valence-corrected chi connectivity index (χ0v) is 18.4. The number of benzene rings is 1. The molecule has 7 heteroatoms. The fourth-order valence-corrected chi connectivity index (χ4v) is 4.21. The molecule has 152 valence electrons. The second-order valence-electron chi connectivity index (χ2n) is 7.13. The predicted octanol–water partition coefficient (Wildman–Crippen LogP) is 4.06. The first kappa shape index (κ1) is 21.9. The molecule has 28 heavy (non-hydrogen) atoms. The van der Waals surface area contributed by atoms with Crippen LogP contribution in [0.3, 0.4) is 0 Å². The van der Waals surface area contributed by atoms with Gasteiger partial charge in [-0.15, -0.1) is 0 Å². The summed E-state index contributed by atoms with van der Waals surface area (Å²) in [6.45, 7) is 10.2. The molecule has 0 N–H and O–H groups in total. The second-order valence-corrected chi connectivity index (χ2v) is 9.11. The Morgan fingerprint density at radius 3 is 2.32 bits per heavy atom. The number of ether oxygens (including phenoxy) is 1. The van der Waals surface area contributed by atoms with Gasteiger partial charge < -0.3 is 4.74 Å². The maximum atomic E-state index is 13.3. The van der Waals surface area contributed by atoms with Gasteiger partial charge in [-0.3, -0.25) is 4.79 Å². The number of carbonyl (C=O) groups is 1. The molecule has 0 spiro atoms. The number of nitrogens with zero attached hydrogens (tertiary/aromatic N) is 2. The van der Waals surface area contributed by atoms with E-state index in [-0.39, 0.29) is 10.7 Å². The third kappa shape index (κ3) is 4.04. The Morgan fingerprint density at radius 2 is 1.82 bits per heavy atom. The number of aryl methyl sites for hydroxylation is 1. The largest absolute Gasteiger partial charge is 0.481 e. The highest BCUT2D eigenvalue weighted by molar-refractivity contribution is 7.90. The Kier molecular flexibility index (Phi) is 6.49. The van der Waals surface area contributed by atoms with Crippen LogP contribution in [0.1, 0.15) is 61.2 Å². The first-order chi connectivity index (χ1) is 13.0. The zero-order chi connectivity index (χ0) is 21.2. The molecule has 0 aliphatic rings. The quantitative estimate of drug-likeness (QED) is 0.650. The summed E-state index contributed by atoms with van der Waals surface area (Å²) in [5, 5.41) is 4.26. The molecule has 2 aromatic rings. The maximum absolute atomic E-state index is 13.3. The van der Waals surface area contributed by atoms with Crippen LogP contribution in [-0.2, 0) is 16.4 Å². The summed E-state index contributed by atoms with van der Waals surface area (Å²) in [4.78, 5) is 13.5. The standard InChI is InChI=1S/C21H28N2O4S/c1-8-11-23-21(27-6)17(12-22-23)20(24)16-9-10-18(28(7,25)26)19(15(16)5)14(4)13(2)3/h9-10,12H,8,11H2,1-7H3. The SMILES string of the molecule is CCCn1ncc(C(=O)c2ccc(S(C)(=O)=O)c(C(C)=C(C)C)c2C)c1OC. The van der Waals surface area contributed by atoms with Crippen LogP contribution >= 0.6 is 0 Å². The first-order valence-corrected chi connectivity index (χ1v) is 11.1. The van der Waals surface area contributed by atoms with Gasteiger partial charge in [0.15, 0.2) is 15.6 Å². The molecule has 1 aromatic carbocycles. The predicted molar refractivity (Wildman–Crippen MR) is 111 cm³/mol. The highest BCUT2D eigenvalue weighted by Crippen LogP contribution is 2.33. The van der Waals surface area contributed by atoms with Crippen molar-refractivity contribution in [3.05, 3.63) is 46.2 Å². The van der Waals surface area contributed by atoms with Crippen LogP contribution in [0.2, 0.25) is 0 Å². The van der Waals surface area contributed by atoms with Crippen LogP contribution in [0.25, 0.3) is 5.57 Å². The van der Waals surface area contributed by atoms with Crippen molar-refractivity contribution < 1.29 is 17.9 Å². The van der Waals surface area contributed by atoms with E-state index in [0.29, 0.717) is 34.7 Å². The summed E-state index contributed by atoms with van der Waals surface area (Å²) in [6, 6.07) is 3.09. The van der Waals surface area contributed by atoms with E-state index in [4.69, 9.17) is 4.74 Å². The lowest BCUT2D eigenvalue weighted by atomic mass is 9.91. The minimum absolute atomic E-state index is 0.230. The highest BCUT2D eigenvalue weighted by atomic mass is 32.2. The molecule has 2 rings (SSSR count). The molecule has 0 fully saturated rings. The molecule has 0 saturated heterocycles. The third-order valence-corrected chi connectivity index (χ3v) is 6.00. The normalized spacial score (nSPS) is 11.4. The molecule has 0 atom stereocenters. The van der Waals surface area contributed by atoms with E-state index in [0.717, 1.165) is 17.6 Å². The lowest BCUT2D eigenvalue weighted by molar-refractivity contribution is 0.103. The van der Waals surface area contributed by atoms with Crippen LogP contribution in [-0.4, -0.2) is 37.3 Å². The number of rotatable bonds is 7. The number of hydrogen-bond acceptors (Lipinski definition) is 5. The van der Waals surface area contributed by atoms with Gasteiger partial charge in [0.25, 0.3) is 0 Å². The molecule has 0 amide bonds. The number of carbonyl (C=O) groups excluding carboxylic acids is 1. The number of allylic oxidation sites excluding steroid dienone is 2. The maximum Gasteiger partial charge on any atom is 0.223 e. The van der Waals surface area contributed by atoms with Gasteiger partial charge in [0.05, 0.1) is 18.2 Å². The van der Waals surface area contributed by atoms with Crippen LogP contribution in [0, 0.1) is 6.92 Å². The molecule has 0 aliphatic heterocycles. The van der Waals surface area contributed by atoms with Crippen molar-refractivity contribution in [1.82, 2.24) is 9.78 Å². The Bertz CT molecular complexity index is 1040. The van der Waals surface area contributed by atoms with Gasteiger partial charge in [0.2, 0.25) is 5.88 Å². The van der Waals surface area contributed by atoms with Gasteiger partial charge >= 0.3 is 0 Å². The highest BCUT2D eigenvalue weighted by Gasteiger charge is 2.25. The summed E-state index contributed by atoms with van der Waals surface area (Å²) in [5.74, 6) is 0.179. The second kappa shape index (κ2) is 8.31. The fraction of sp³-hybridized carbons (Fsp3) is 0.429. The number of hydrogen-bond donors (Lipinski definition) is 0. The van der Waals surface area contributed by atoms with Gasteiger partial charge in [-0.1, -0.05) is 12.5 Å². The Hall–Kier alpha value is -2.41. The monoisotopic (exact) mass is 404 g/mol.